The van der Waals surface area contributed by atoms with E-state index in [0.717, 1.165) is 19.5 Å². The molecular weight excluding hydrogens is 142 g/mol. The van der Waals surface area contributed by atoms with Crippen LogP contribution in [0.25, 0.3) is 0 Å². The Balaban J connectivity index is 2.24. The van der Waals surface area contributed by atoms with E-state index >= 15 is 0 Å². The van der Waals surface area contributed by atoms with Gasteiger partial charge in [0.25, 0.3) is 0 Å². The van der Waals surface area contributed by atoms with E-state index < -0.39 is 0 Å². The zero-order chi connectivity index (χ0) is 8.27. The third-order valence-corrected chi connectivity index (χ3v) is 1.96. The molecule has 0 aliphatic carbocycles. The SMILES string of the molecule is COC1CCN(CC(=N)N)C1. The van der Waals surface area contributed by atoms with Gasteiger partial charge in [-0.2, -0.15) is 0 Å². The minimum absolute atomic E-state index is 0.238. The van der Waals surface area contributed by atoms with E-state index in [1.165, 1.54) is 0 Å². The number of amidine groups is 1. The number of rotatable bonds is 3. The minimum atomic E-state index is 0.238. The molecular formula is C7H15N3O. The van der Waals surface area contributed by atoms with Crippen molar-refractivity contribution in [2.75, 3.05) is 26.7 Å². The van der Waals surface area contributed by atoms with Crippen LogP contribution in [0.2, 0.25) is 0 Å². The molecule has 1 atom stereocenters. The van der Waals surface area contributed by atoms with Gasteiger partial charge in [0.15, 0.2) is 0 Å². The molecule has 1 saturated heterocycles. The summed E-state index contributed by atoms with van der Waals surface area (Å²) in [7, 11) is 1.72. The molecule has 0 aromatic heterocycles. The van der Waals surface area contributed by atoms with Gasteiger partial charge in [-0.05, 0) is 6.42 Å². The monoisotopic (exact) mass is 157 g/mol. The van der Waals surface area contributed by atoms with E-state index in [-0.39, 0.29) is 5.84 Å². The van der Waals surface area contributed by atoms with Gasteiger partial charge in [-0.15, -0.1) is 0 Å². The van der Waals surface area contributed by atoms with Gasteiger partial charge < -0.3 is 10.5 Å². The molecule has 1 heterocycles. The van der Waals surface area contributed by atoms with Gasteiger partial charge in [-0.25, -0.2) is 0 Å². The second kappa shape index (κ2) is 3.69. The number of nitrogens with one attached hydrogen (secondary N) is 1. The number of likely N-dealkylation sites (tertiary alicyclic amines) is 1. The quantitative estimate of drug-likeness (QED) is 0.434. The maximum absolute atomic E-state index is 7.08. The predicted molar refractivity (Wildman–Crippen MR) is 43.8 cm³/mol. The van der Waals surface area contributed by atoms with Crippen molar-refractivity contribution in [2.45, 2.75) is 12.5 Å². The fourth-order valence-corrected chi connectivity index (χ4v) is 1.37. The zero-order valence-corrected chi connectivity index (χ0v) is 6.84. The van der Waals surface area contributed by atoms with Gasteiger partial charge in [-0.1, -0.05) is 0 Å². The van der Waals surface area contributed by atoms with Crippen molar-refractivity contribution in [1.82, 2.24) is 4.90 Å². The Kier molecular flexibility index (Phi) is 2.84. The number of ether oxygens (including phenoxy) is 1. The molecule has 0 aromatic carbocycles. The van der Waals surface area contributed by atoms with E-state index in [0.29, 0.717) is 12.6 Å². The molecule has 0 spiro atoms. The van der Waals surface area contributed by atoms with Crippen LogP contribution in [0.15, 0.2) is 0 Å². The number of hydrogen-bond donors (Lipinski definition) is 2. The Bertz CT molecular complexity index is 149. The topological polar surface area (TPSA) is 62.3 Å². The van der Waals surface area contributed by atoms with Crippen LogP contribution < -0.4 is 5.73 Å². The first-order valence-electron chi connectivity index (χ1n) is 3.80. The van der Waals surface area contributed by atoms with Crippen LogP contribution in [-0.2, 0) is 4.74 Å². The Morgan fingerprint density at radius 2 is 2.55 bits per heavy atom. The summed E-state index contributed by atoms with van der Waals surface area (Å²) in [4.78, 5) is 2.14. The molecule has 1 rings (SSSR count). The van der Waals surface area contributed by atoms with Crippen molar-refractivity contribution >= 4 is 5.84 Å². The summed E-state index contributed by atoms with van der Waals surface area (Å²) in [6, 6.07) is 0. The van der Waals surface area contributed by atoms with Gasteiger partial charge in [0.05, 0.1) is 12.6 Å². The number of hydrogen-bond acceptors (Lipinski definition) is 3. The fourth-order valence-electron chi connectivity index (χ4n) is 1.37. The Morgan fingerprint density at radius 1 is 1.82 bits per heavy atom. The molecule has 11 heavy (non-hydrogen) atoms. The fraction of sp³-hybridized carbons (Fsp3) is 0.857. The number of nitrogens with zero attached hydrogens (tertiary/aromatic N) is 1. The maximum atomic E-state index is 7.08. The third kappa shape index (κ3) is 2.48. The highest BCUT2D eigenvalue weighted by atomic mass is 16.5. The van der Waals surface area contributed by atoms with E-state index in [9.17, 15) is 0 Å². The third-order valence-electron chi connectivity index (χ3n) is 1.96. The first kappa shape index (κ1) is 8.49. The van der Waals surface area contributed by atoms with Gasteiger partial charge in [0.1, 0.15) is 5.84 Å². The van der Waals surface area contributed by atoms with Crippen LogP contribution in [0.4, 0.5) is 0 Å². The summed E-state index contributed by atoms with van der Waals surface area (Å²) in [6.45, 7) is 2.49. The van der Waals surface area contributed by atoms with Crippen molar-refractivity contribution in [3.8, 4) is 0 Å². The molecule has 1 unspecified atom stereocenters. The standard InChI is InChI=1S/C7H15N3O/c1-11-6-2-3-10(4-6)5-7(8)9/h6H,2-5H2,1H3,(H3,8,9). The Labute approximate surface area is 66.8 Å². The van der Waals surface area contributed by atoms with Crippen LogP contribution >= 0.6 is 0 Å². The van der Waals surface area contributed by atoms with Crippen LogP contribution in [0.5, 0.6) is 0 Å². The largest absolute Gasteiger partial charge is 0.387 e. The number of nitrogens with two attached hydrogens (primary N) is 1. The van der Waals surface area contributed by atoms with E-state index in [1.807, 2.05) is 0 Å². The summed E-state index contributed by atoms with van der Waals surface area (Å²) in [5, 5.41) is 7.08. The summed E-state index contributed by atoms with van der Waals surface area (Å²) < 4.78 is 5.17. The molecule has 1 fully saturated rings. The molecule has 0 bridgehead atoms. The highest BCUT2D eigenvalue weighted by molar-refractivity contribution is 5.78. The van der Waals surface area contributed by atoms with Crippen molar-refractivity contribution in [1.29, 1.82) is 5.41 Å². The van der Waals surface area contributed by atoms with Gasteiger partial charge in [0.2, 0.25) is 0 Å². The van der Waals surface area contributed by atoms with Crippen molar-refractivity contribution in [2.24, 2.45) is 5.73 Å². The van der Waals surface area contributed by atoms with Crippen LogP contribution in [0, 0.1) is 5.41 Å². The van der Waals surface area contributed by atoms with E-state index in [2.05, 4.69) is 4.90 Å². The lowest BCUT2D eigenvalue weighted by Crippen LogP contribution is -2.32. The lowest BCUT2D eigenvalue weighted by Gasteiger charge is -2.13. The lowest BCUT2D eigenvalue weighted by molar-refractivity contribution is 0.110. The molecule has 64 valence electrons. The number of methoxy groups -OCH3 is 1. The van der Waals surface area contributed by atoms with Gasteiger partial charge in [0, 0.05) is 20.2 Å². The molecule has 0 saturated carbocycles. The summed E-state index contributed by atoms with van der Waals surface area (Å²) >= 11 is 0. The van der Waals surface area contributed by atoms with Crippen LogP contribution in [-0.4, -0.2) is 43.6 Å². The van der Waals surface area contributed by atoms with Crippen molar-refractivity contribution in [3.63, 3.8) is 0 Å². The minimum Gasteiger partial charge on any atom is -0.387 e. The summed E-state index contributed by atoms with van der Waals surface area (Å²) in [6.07, 6.45) is 1.40. The smallest absolute Gasteiger partial charge is 0.105 e. The average molecular weight is 157 g/mol. The zero-order valence-electron chi connectivity index (χ0n) is 6.84. The van der Waals surface area contributed by atoms with Gasteiger partial charge >= 0.3 is 0 Å². The molecule has 1 aliphatic heterocycles. The second-order valence-electron chi connectivity index (χ2n) is 2.91. The van der Waals surface area contributed by atoms with E-state index in [4.69, 9.17) is 15.9 Å². The first-order valence-corrected chi connectivity index (χ1v) is 3.80. The van der Waals surface area contributed by atoms with Gasteiger partial charge in [-0.3, -0.25) is 10.3 Å². The maximum Gasteiger partial charge on any atom is 0.105 e. The molecule has 0 aromatic rings. The average Bonchev–Trinajstić information content (AvgIpc) is 2.34. The highest BCUT2D eigenvalue weighted by Crippen LogP contribution is 2.10. The predicted octanol–water partition coefficient (Wildman–Crippen LogP) is -0.357. The molecule has 0 radical (unpaired) electrons. The van der Waals surface area contributed by atoms with Crippen LogP contribution in [0.1, 0.15) is 6.42 Å². The van der Waals surface area contributed by atoms with E-state index in [1.54, 1.807) is 7.11 Å². The highest BCUT2D eigenvalue weighted by Gasteiger charge is 2.21. The second-order valence-corrected chi connectivity index (χ2v) is 2.91. The Hall–Kier alpha value is -0.610. The summed E-state index contributed by atoms with van der Waals surface area (Å²) in [5.74, 6) is 0.238. The molecule has 1 aliphatic rings. The summed E-state index contributed by atoms with van der Waals surface area (Å²) in [5.41, 5.74) is 5.26. The van der Waals surface area contributed by atoms with Crippen molar-refractivity contribution < 1.29 is 4.74 Å². The normalized spacial score (nSPS) is 25.7. The molecule has 3 N–H and O–H groups in total. The van der Waals surface area contributed by atoms with Crippen LogP contribution in [0.3, 0.4) is 0 Å². The molecule has 0 amide bonds. The van der Waals surface area contributed by atoms with Crippen molar-refractivity contribution in [3.05, 3.63) is 0 Å². The molecule has 4 nitrogen and oxygen atoms in total. The first-order chi connectivity index (χ1) is 5.22. The lowest BCUT2D eigenvalue weighted by atomic mass is 10.3. The Morgan fingerprint density at radius 3 is 3.00 bits per heavy atom. The molecule has 4 heteroatoms.